The average molecular weight is 223 g/mol. The van der Waals surface area contributed by atoms with E-state index in [9.17, 15) is 4.79 Å². The summed E-state index contributed by atoms with van der Waals surface area (Å²) in [5, 5.41) is 3.21. The van der Waals surface area contributed by atoms with Crippen molar-refractivity contribution in [2.24, 2.45) is 0 Å². The molecule has 1 aromatic heterocycles. The fourth-order valence-corrected chi connectivity index (χ4v) is 1.80. The van der Waals surface area contributed by atoms with Gasteiger partial charge in [-0.2, -0.15) is 0 Å². The van der Waals surface area contributed by atoms with Gasteiger partial charge in [0.15, 0.2) is 0 Å². The maximum Gasteiger partial charge on any atom is 0.270 e. The van der Waals surface area contributed by atoms with Crippen LogP contribution in [0.3, 0.4) is 0 Å². The Morgan fingerprint density at radius 3 is 2.73 bits per heavy atom. The third-order valence-electron chi connectivity index (χ3n) is 2.40. The minimum Gasteiger partial charge on any atom is -0.342 e. The van der Waals surface area contributed by atoms with Crippen molar-refractivity contribution in [1.29, 1.82) is 0 Å². The van der Waals surface area contributed by atoms with Crippen molar-refractivity contribution < 1.29 is 4.79 Å². The van der Waals surface area contributed by atoms with Crippen LogP contribution in [0.4, 0.5) is 0 Å². The molecule has 0 atom stereocenters. The number of hydrogen-bond acceptors (Lipinski definition) is 3. The zero-order valence-corrected chi connectivity index (χ0v) is 9.14. The van der Waals surface area contributed by atoms with E-state index in [1.807, 2.05) is 4.90 Å². The fourth-order valence-electron chi connectivity index (χ4n) is 1.61. The lowest BCUT2D eigenvalue weighted by molar-refractivity contribution is 0.0730. The van der Waals surface area contributed by atoms with Crippen LogP contribution >= 0.6 is 12.2 Å². The van der Waals surface area contributed by atoms with Crippen LogP contribution in [0.2, 0.25) is 0 Å². The van der Waals surface area contributed by atoms with Crippen LogP contribution < -0.4 is 5.32 Å². The van der Waals surface area contributed by atoms with E-state index in [0.717, 1.165) is 26.2 Å². The summed E-state index contributed by atoms with van der Waals surface area (Å²) in [5.41, 5.74) is 0.574. The van der Waals surface area contributed by atoms with E-state index in [1.165, 1.54) is 0 Å². The van der Waals surface area contributed by atoms with Gasteiger partial charge in [0, 0.05) is 26.2 Å². The topological polar surface area (TPSA) is 48.1 Å². The number of nitrogens with one attached hydrogen (secondary N) is 2. The second kappa shape index (κ2) is 4.55. The summed E-state index contributed by atoms with van der Waals surface area (Å²) in [4.78, 5) is 16.7. The van der Waals surface area contributed by atoms with Crippen molar-refractivity contribution >= 4 is 18.1 Å². The molecule has 80 valence electrons. The summed E-state index contributed by atoms with van der Waals surface area (Å²) in [6.45, 7) is 3.24. The number of carbonyl (C=O) groups excluding carboxylic acids is 1. The molecule has 1 aliphatic heterocycles. The first-order chi connectivity index (χ1) is 7.27. The number of hydrogen-bond donors (Lipinski definition) is 2. The molecule has 2 N–H and O–H groups in total. The summed E-state index contributed by atoms with van der Waals surface area (Å²) in [7, 11) is 0. The lowest BCUT2D eigenvalue weighted by atomic mass is 10.3. The molecule has 2 heterocycles. The van der Waals surface area contributed by atoms with Gasteiger partial charge in [0.1, 0.15) is 10.3 Å². The minimum absolute atomic E-state index is 0.0307. The highest BCUT2D eigenvalue weighted by Gasteiger charge is 2.17. The number of H-pyrrole nitrogens is 1. The number of amides is 1. The molecule has 4 nitrogen and oxygen atoms in total. The Labute approximate surface area is 93.3 Å². The quantitative estimate of drug-likeness (QED) is 0.692. The summed E-state index contributed by atoms with van der Waals surface area (Å²) < 4.78 is 0.594. The first kappa shape index (κ1) is 10.3. The molecular weight excluding hydrogens is 210 g/mol. The second-order valence-electron chi connectivity index (χ2n) is 3.47. The van der Waals surface area contributed by atoms with Crippen LogP contribution in [-0.2, 0) is 0 Å². The Bertz CT molecular complexity index is 409. The summed E-state index contributed by atoms with van der Waals surface area (Å²) >= 11 is 4.98. The Kier molecular flexibility index (Phi) is 3.13. The van der Waals surface area contributed by atoms with E-state index in [2.05, 4.69) is 10.3 Å². The lowest BCUT2D eigenvalue weighted by Crippen LogP contribution is -2.46. The van der Waals surface area contributed by atoms with Crippen molar-refractivity contribution in [3.8, 4) is 0 Å². The van der Waals surface area contributed by atoms with Crippen molar-refractivity contribution in [3.63, 3.8) is 0 Å². The zero-order chi connectivity index (χ0) is 10.7. The smallest absolute Gasteiger partial charge is 0.270 e. The van der Waals surface area contributed by atoms with Crippen molar-refractivity contribution in [1.82, 2.24) is 15.2 Å². The molecule has 0 bridgehead atoms. The standard InChI is InChI=1S/C10H13N3OS/c14-10(13-6-4-11-5-7-13)8-2-1-3-9(15)12-8/h1-3,11H,4-7H2,(H,12,15). The van der Waals surface area contributed by atoms with Gasteiger partial charge in [-0.1, -0.05) is 18.3 Å². The summed E-state index contributed by atoms with van der Waals surface area (Å²) in [6.07, 6.45) is 0. The molecule has 0 aliphatic carbocycles. The maximum atomic E-state index is 12.0. The number of aromatic amines is 1. The first-order valence-corrected chi connectivity index (χ1v) is 5.37. The second-order valence-corrected chi connectivity index (χ2v) is 3.91. The van der Waals surface area contributed by atoms with E-state index in [1.54, 1.807) is 18.2 Å². The summed E-state index contributed by atoms with van der Waals surface area (Å²) in [5.74, 6) is 0.0307. The van der Waals surface area contributed by atoms with Crippen molar-refractivity contribution in [2.75, 3.05) is 26.2 Å². The zero-order valence-electron chi connectivity index (χ0n) is 8.32. The van der Waals surface area contributed by atoms with Crippen molar-refractivity contribution in [3.05, 3.63) is 28.5 Å². The van der Waals surface area contributed by atoms with Gasteiger partial charge in [-0.3, -0.25) is 4.79 Å². The number of piperazine rings is 1. The molecule has 2 rings (SSSR count). The third kappa shape index (κ3) is 2.43. The van der Waals surface area contributed by atoms with E-state index >= 15 is 0 Å². The van der Waals surface area contributed by atoms with Gasteiger partial charge >= 0.3 is 0 Å². The molecule has 1 fully saturated rings. The van der Waals surface area contributed by atoms with Crippen LogP contribution in [0, 0.1) is 4.64 Å². The number of aromatic nitrogens is 1. The molecular formula is C10H13N3OS. The Balaban J connectivity index is 2.16. The van der Waals surface area contributed by atoms with Gasteiger partial charge in [-0.15, -0.1) is 0 Å². The highest BCUT2D eigenvalue weighted by Crippen LogP contribution is 2.03. The normalized spacial score (nSPS) is 16.4. The molecule has 15 heavy (non-hydrogen) atoms. The van der Waals surface area contributed by atoms with E-state index in [0.29, 0.717) is 10.3 Å². The van der Waals surface area contributed by atoms with E-state index < -0.39 is 0 Å². The molecule has 1 aliphatic rings. The molecule has 0 spiro atoms. The van der Waals surface area contributed by atoms with Gasteiger partial charge in [0.2, 0.25) is 0 Å². The fraction of sp³-hybridized carbons (Fsp3) is 0.400. The van der Waals surface area contributed by atoms with Gasteiger partial charge in [0.05, 0.1) is 0 Å². The lowest BCUT2D eigenvalue weighted by Gasteiger charge is -2.27. The SMILES string of the molecule is O=C(c1cccc(=S)[nH]1)N1CCNCC1. The monoisotopic (exact) mass is 223 g/mol. The van der Waals surface area contributed by atoms with E-state index in [4.69, 9.17) is 12.2 Å². The van der Waals surface area contributed by atoms with Crippen LogP contribution in [0.25, 0.3) is 0 Å². The average Bonchev–Trinajstić information content (AvgIpc) is 2.29. The summed E-state index contributed by atoms with van der Waals surface area (Å²) in [6, 6.07) is 5.33. The highest BCUT2D eigenvalue weighted by molar-refractivity contribution is 7.71. The predicted octanol–water partition coefficient (Wildman–Crippen LogP) is 0.790. The van der Waals surface area contributed by atoms with Gasteiger partial charge in [0.25, 0.3) is 5.91 Å². The molecule has 5 heteroatoms. The minimum atomic E-state index is 0.0307. The predicted molar refractivity (Wildman–Crippen MR) is 60.4 cm³/mol. The molecule has 0 saturated carbocycles. The number of rotatable bonds is 1. The van der Waals surface area contributed by atoms with Gasteiger partial charge in [-0.25, -0.2) is 0 Å². The Hall–Kier alpha value is -1.20. The number of nitrogens with zero attached hydrogens (tertiary/aromatic N) is 1. The van der Waals surface area contributed by atoms with Crippen LogP contribution in [0.5, 0.6) is 0 Å². The van der Waals surface area contributed by atoms with Gasteiger partial charge < -0.3 is 15.2 Å². The Morgan fingerprint density at radius 2 is 2.07 bits per heavy atom. The van der Waals surface area contributed by atoms with Crippen LogP contribution in [0.1, 0.15) is 10.5 Å². The van der Waals surface area contributed by atoms with Crippen LogP contribution in [-0.4, -0.2) is 42.0 Å². The molecule has 1 aromatic rings. The molecule has 0 radical (unpaired) electrons. The molecule has 1 amide bonds. The van der Waals surface area contributed by atoms with Crippen LogP contribution in [0.15, 0.2) is 18.2 Å². The number of carbonyl (C=O) groups is 1. The maximum absolute atomic E-state index is 12.0. The largest absolute Gasteiger partial charge is 0.342 e. The third-order valence-corrected chi connectivity index (χ3v) is 2.64. The first-order valence-electron chi connectivity index (χ1n) is 4.97. The Morgan fingerprint density at radius 1 is 1.33 bits per heavy atom. The van der Waals surface area contributed by atoms with E-state index in [-0.39, 0.29) is 5.91 Å². The molecule has 0 aromatic carbocycles. The van der Waals surface area contributed by atoms with Gasteiger partial charge in [-0.05, 0) is 12.1 Å². The highest BCUT2D eigenvalue weighted by atomic mass is 32.1. The van der Waals surface area contributed by atoms with Crippen molar-refractivity contribution in [2.45, 2.75) is 0 Å². The molecule has 0 unspecified atom stereocenters. The number of pyridine rings is 1. The molecule has 1 saturated heterocycles.